The van der Waals surface area contributed by atoms with Gasteiger partial charge in [-0.2, -0.15) is 18.2 Å². The van der Waals surface area contributed by atoms with E-state index < -0.39 is 12.2 Å². The van der Waals surface area contributed by atoms with Crippen molar-refractivity contribution in [1.29, 1.82) is 0 Å². The molecule has 0 aromatic carbocycles. The van der Waals surface area contributed by atoms with Gasteiger partial charge in [-0.1, -0.05) is 5.16 Å². The number of anilines is 2. The summed E-state index contributed by atoms with van der Waals surface area (Å²) in [7, 11) is 0. The first-order chi connectivity index (χ1) is 13.9. The van der Waals surface area contributed by atoms with E-state index in [0.29, 0.717) is 18.9 Å². The van der Waals surface area contributed by atoms with Crippen molar-refractivity contribution in [1.82, 2.24) is 14.7 Å². The minimum atomic E-state index is -4.46. The van der Waals surface area contributed by atoms with Crippen LogP contribution in [0.4, 0.5) is 24.9 Å². The van der Waals surface area contributed by atoms with Crippen molar-refractivity contribution in [3.8, 4) is 0 Å². The van der Waals surface area contributed by atoms with E-state index in [0.717, 1.165) is 17.7 Å². The topological polar surface area (TPSA) is 76.6 Å². The Bertz CT molecular complexity index is 933. The second-order valence-electron chi connectivity index (χ2n) is 7.72. The van der Waals surface area contributed by atoms with E-state index in [4.69, 9.17) is 9.26 Å². The molecule has 0 aliphatic carbocycles. The van der Waals surface area contributed by atoms with Crippen LogP contribution >= 0.6 is 0 Å². The highest BCUT2D eigenvalue weighted by molar-refractivity contribution is 5.47. The van der Waals surface area contributed by atoms with Crippen molar-refractivity contribution in [2.24, 2.45) is 0 Å². The normalized spacial score (nSPS) is 26.7. The zero-order chi connectivity index (χ0) is 20.2. The van der Waals surface area contributed by atoms with Crippen molar-refractivity contribution in [2.45, 2.75) is 56.8 Å². The van der Waals surface area contributed by atoms with Gasteiger partial charge in [0.1, 0.15) is 11.9 Å². The summed E-state index contributed by atoms with van der Waals surface area (Å²) < 4.78 is 53.4. The summed E-state index contributed by atoms with van der Waals surface area (Å²) in [4.78, 5) is 20.3. The van der Waals surface area contributed by atoms with Gasteiger partial charge in [-0.3, -0.25) is 9.36 Å². The van der Waals surface area contributed by atoms with Gasteiger partial charge in [-0.25, -0.2) is 0 Å². The molecule has 0 radical (unpaired) electrons. The minimum Gasteiger partial charge on any atom is -0.371 e. The van der Waals surface area contributed by atoms with E-state index in [1.165, 1.54) is 22.9 Å². The Hall–Kier alpha value is -2.56. The highest BCUT2D eigenvalue weighted by Gasteiger charge is 2.47. The first kappa shape index (κ1) is 18.5. The van der Waals surface area contributed by atoms with Gasteiger partial charge in [0, 0.05) is 31.8 Å². The van der Waals surface area contributed by atoms with Crippen LogP contribution in [-0.4, -0.2) is 52.2 Å². The molecule has 0 amide bonds. The van der Waals surface area contributed by atoms with Gasteiger partial charge in [0.15, 0.2) is 5.76 Å². The molecule has 0 N–H and O–H groups in total. The van der Waals surface area contributed by atoms with Crippen molar-refractivity contribution in [3.05, 3.63) is 34.4 Å². The third kappa shape index (κ3) is 3.37. The van der Waals surface area contributed by atoms with Gasteiger partial charge in [0.2, 0.25) is 5.95 Å². The predicted octanol–water partition coefficient (Wildman–Crippen LogP) is 1.94. The molecule has 0 spiro atoms. The molecule has 2 unspecified atom stereocenters. The number of aromatic nitrogens is 3. The number of hydrogen-bond acceptors (Lipinski definition) is 7. The number of fused-ring (bicyclic) bond motifs is 3. The standard InChI is InChI=1S/C18H20F3N5O3/c19-18(20,21)14-4-6-25-16(27)7-15(24-8-11-1-2-12(9-24)28-11)23-17(25)26(14)10-13-3-5-22-29-13/h3,5,7,11-12,14H,1-2,4,6,8-10H2/t11-,12?,14?/m0/s1. The first-order valence-corrected chi connectivity index (χ1v) is 9.63. The maximum atomic E-state index is 13.8. The molecule has 156 valence electrons. The summed E-state index contributed by atoms with van der Waals surface area (Å²) in [6.07, 6.45) is -1.28. The molecule has 0 saturated carbocycles. The zero-order valence-corrected chi connectivity index (χ0v) is 15.5. The van der Waals surface area contributed by atoms with Crippen molar-refractivity contribution < 1.29 is 22.4 Å². The van der Waals surface area contributed by atoms with Crippen molar-refractivity contribution in [3.63, 3.8) is 0 Å². The van der Waals surface area contributed by atoms with Crippen LogP contribution in [0.3, 0.4) is 0 Å². The van der Waals surface area contributed by atoms with Crippen LogP contribution < -0.4 is 15.4 Å². The Labute approximate surface area is 163 Å². The van der Waals surface area contributed by atoms with Gasteiger partial charge in [-0.15, -0.1) is 0 Å². The third-order valence-corrected chi connectivity index (χ3v) is 5.80. The summed E-state index contributed by atoms with van der Waals surface area (Å²) in [5, 5.41) is 3.57. The Morgan fingerprint density at radius 3 is 2.59 bits per heavy atom. The van der Waals surface area contributed by atoms with Crippen LogP contribution in [0.2, 0.25) is 0 Å². The van der Waals surface area contributed by atoms with Crippen molar-refractivity contribution >= 4 is 11.8 Å². The monoisotopic (exact) mass is 411 g/mol. The molecule has 29 heavy (non-hydrogen) atoms. The number of rotatable bonds is 3. The Morgan fingerprint density at radius 1 is 1.17 bits per heavy atom. The molecule has 5 heterocycles. The Morgan fingerprint density at radius 2 is 1.93 bits per heavy atom. The maximum absolute atomic E-state index is 13.8. The lowest BCUT2D eigenvalue weighted by molar-refractivity contribution is -0.153. The van der Waals surface area contributed by atoms with E-state index in [2.05, 4.69) is 10.1 Å². The van der Waals surface area contributed by atoms with E-state index in [9.17, 15) is 18.0 Å². The molecule has 2 aromatic heterocycles. The number of nitrogens with zero attached hydrogens (tertiary/aromatic N) is 5. The van der Waals surface area contributed by atoms with Crippen LogP contribution in [-0.2, 0) is 17.8 Å². The lowest BCUT2D eigenvalue weighted by Crippen LogP contribution is -2.52. The Balaban J connectivity index is 1.55. The largest absolute Gasteiger partial charge is 0.408 e. The fraction of sp³-hybridized carbons (Fsp3) is 0.611. The van der Waals surface area contributed by atoms with E-state index in [1.807, 2.05) is 4.90 Å². The molecule has 2 fully saturated rings. The third-order valence-electron chi connectivity index (χ3n) is 5.80. The number of morpholine rings is 1. The second-order valence-corrected chi connectivity index (χ2v) is 7.72. The molecule has 2 saturated heterocycles. The van der Waals surface area contributed by atoms with Crippen molar-refractivity contribution in [2.75, 3.05) is 22.9 Å². The van der Waals surface area contributed by atoms with Gasteiger partial charge < -0.3 is 19.1 Å². The minimum absolute atomic E-state index is 0.0105. The van der Waals surface area contributed by atoms with Crippen LogP contribution in [0.15, 0.2) is 27.6 Å². The molecule has 3 aliphatic heterocycles. The zero-order valence-electron chi connectivity index (χ0n) is 15.5. The lowest BCUT2D eigenvalue weighted by Gasteiger charge is -2.39. The van der Waals surface area contributed by atoms with Gasteiger partial charge in [0.25, 0.3) is 5.56 Å². The Kier molecular flexibility index (Phi) is 4.30. The predicted molar refractivity (Wildman–Crippen MR) is 95.8 cm³/mol. The summed E-state index contributed by atoms with van der Waals surface area (Å²) >= 11 is 0. The van der Waals surface area contributed by atoms with Gasteiger partial charge >= 0.3 is 6.18 Å². The quantitative estimate of drug-likeness (QED) is 0.764. The number of alkyl halides is 3. The fourth-order valence-corrected chi connectivity index (χ4v) is 4.43. The van der Waals surface area contributed by atoms with Crippen LogP contribution in [0.1, 0.15) is 25.0 Å². The molecule has 2 bridgehead atoms. The molecule has 3 atom stereocenters. The SMILES string of the molecule is O=c1cc(N2CC3CC[C@@H](C2)O3)nc2n1CCC(C(F)(F)F)N2Cc1ccno1. The molecular weight excluding hydrogens is 391 g/mol. The summed E-state index contributed by atoms with van der Waals surface area (Å²) in [5.74, 6) is 0.680. The highest BCUT2D eigenvalue weighted by Crippen LogP contribution is 2.36. The average Bonchev–Trinajstić information content (AvgIpc) is 3.30. The van der Waals surface area contributed by atoms with Crippen LogP contribution in [0, 0.1) is 0 Å². The number of hydrogen-bond donors (Lipinski definition) is 0. The molecular formula is C18H20F3N5O3. The molecule has 5 rings (SSSR count). The van der Waals surface area contributed by atoms with E-state index in [-0.39, 0.29) is 49.0 Å². The fourth-order valence-electron chi connectivity index (χ4n) is 4.43. The molecule has 11 heteroatoms. The smallest absolute Gasteiger partial charge is 0.371 e. The van der Waals surface area contributed by atoms with Crippen LogP contribution in [0.25, 0.3) is 0 Å². The average molecular weight is 411 g/mol. The van der Waals surface area contributed by atoms with Crippen LogP contribution in [0.5, 0.6) is 0 Å². The lowest BCUT2D eigenvalue weighted by atomic mass is 10.1. The number of halogens is 3. The summed E-state index contributed by atoms with van der Waals surface area (Å²) in [5.41, 5.74) is -0.355. The van der Waals surface area contributed by atoms with E-state index >= 15 is 0 Å². The highest BCUT2D eigenvalue weighted by atomic mass is 19.4. The van der Waals surface area contributed by atoms with Gasteiger partial charge in [0.05, 0.1) is 24.9 Å². The second kappa shape index (κ2) is 6.75. The summed E-state index contributed by atoms with van der Waals surface area (Å²) in [6.45, 7) is 0.954. The number of ether oxygens (including phenoxy) is 1. The molecule has 8 nitrogen and oxygen atoms in total. The molecule has 3 aliphatic rings. The van der Waals surface area contributed by atoms with E-state index in [1.54, 1.807) is 0 Å². The summed E-state index contributed by atoms with van der Waals surface area (Å²) in [6, 6.07) is 1.17. The van der Waals surface area contributed by atoms with Gasteiger partial charge in [-0.05, 0) is 19.3 Å². The first-order valence-electron chi connectivity index (χ1n) is 9.63. The molecule has 2 aromatic rings. The maximum Gasteiger partial charge on any atom is 0.408 e.